The van der Waals surface area contributed by atoms with Crippen molar-refractivity contribution in [2.45, 2.75) is 31.8 Å². The number of hydrogen-bond acceptors (Lipinski definition) is 4. The topological polar surface area (TPSA) is 56.3 Å². The molecule has 1 aromatic heterocycles. The molecular formula is C12H12ClNO3. The second-order valence-corrected chi connectivity index (χ2v) is 4.31. The molecule has 4 nitrogen and oxygen atoms in total. The molecular weight excluding hydrogens is 242 g/mol. The van der Waals surface area contributed by atoms with Crippen molar-refractivity contribution in [3.05, 3.63) is 29.0 Å². The Bertz CT molecular complexity index is 447. The van der Waals surface area contributed by atoms with Crippen LogP contribution in [0.15, 0.2) is 18.3 Å². The number of carbonyl (C=O) groups excluding carboxylic acids is 2. The number of ether oxygens (including phenoxy) is 1. The van der Waals surface area contributed by atoms with Crippen LogP contribution >= 0.6 is 11.6 Å². The van der Waals surface area contributed by atoms with Crippen molar-refractivity contribution in [1.29, 1.82) is 0 Å². The van der Waals surface area contributed by atoms with Crippen LogP contribution in [-0.4, -0.2) is 22.8 Å². The van der Waals surface area contributed by atoms with Crippen LogP contribution < -0.4 is 0 Å². The molecule has 0 aromatic carbocycles. The molecule has 0 radical (unpaired) electrons. The van der Waals surface area contributed by atoms with Gasteiger partial charge < -0.3 is 4.74 Å². The summed E-state index contributed by atoms with van der Waals surface area (Å²) < 4.78 is 5.16. The predicted molar refractivity (Wildman–Crippen MR) is 61.9 cm³/mol. The van der Waals surface area contributed by atoms with Gasteiger partial charge in [0, 0.05) is 12.6 Å². The van der Waals surface area contributed by atoms with Gasteiger partial charge in [0.2, 0.25) is 0 Å². The monoisotopic (exact) mass is 253 g/mol. The van der Waals surface area contributed by atoms with E-state index in [1.807, 2.05) is 0 Å². The molecule has 1 heterocycles. The van der Waals surface area contributed by atoms with Crippen LogP contribution in [0.2, 0.25) is 5.15 Å². The highest BCUT2D eigenvalue weighted by Crippen LogP contribution is 2.20. The van der Waals surface area contributed by atoms with Gasteiger partial charge in [0.15, 0.2) is 11.9 Å². The third-order valence-corrected chi connectivity index (χ3v) is 3.03. The average molecular weight is 254 g/mol. The third-order valence-electron chi connectivity index (χ3n) is 2.73. The lowest BCUT2D eigenvalue weighted by Gasteiger charge is -2.20. The van der Waals surface area contributed by atoms with E-state index in [1.54, 1.807) is 6.07 Å². The number of halogens is 1. The zero-order valence-electron chi connectivity index (χ0n) is 9.19. The molecule has 1 aromatic rings. The fourth-order valence-electron chi connectivity index (χ4n) is 1.81. The number of aromatic nitrogens is 1. The van der Waals surface area contributed by atoms with E-state index in [-0.39, 0.29) is 16.5 Å². The molecule has 1 fully saturated rings. The first-order valence-electron chi connectivity index (χ1n) is 5.52. The number of Topliss-reactive ketones (excluding diaryl/α,β-unsaturated/α-hetero) is 1. The zero-order valence-corrected chi connectivity index (χ0v) is 9.94. The molecule has 0 bridgehead atoms. The van der Waals surface area contributed by atoms with Crippen molar-refractivity contribution in [2.75, 3.05) is 0 Å². The summed E-state index contributed by atoms with van der Waals surface area (Å²) in [7, 11) is 0. The van der Waals surface area contributed by atoms with Gasteiger partial charge in [0.25, 0.3) is 0 Å². The summed E-state index contributed by atoms with van der Waals surface area (Å²) in [6, 6.07) is 3.14. The van der Waals surface area contributed by atoms with Crippen molar-refractivity contribution in [2.24, 2.45) is 0 Å². The van der Waals surface area contributed by atoms with Crippen LogP contribution in [0.3, 0.4) is 0 Å². The molecule has 17 heavy (non-hydrogen) atoms. The van der Waals surface area contributed by atoms with E-state index in [0.29, 0.717) is 12.8 Å². The Hall–Kier alpha value is -1.42. The van der Waals surface area contributed by atoms with Crippen LogP contribution in [-0.2, 0) is 9.53 Å². The summed E-state index contributed by atoms with van der Waals surface area (Å²) in [5.74, 6) is -0.590. The van der Waals surface area contributed by atoms with Crippen LogP contribution in [0.4, 0.5) is 0 Å². The standard InChI is InChI=1S/C12H12ClNO3/c13-11-8(4-3-7-14-11)12(16)17-10-6-2-1-5-9(10)15/h3-4,7,10H,1-2,5-6H2. The Morgan fingerprint density at radius 3 is 3.00 bits per heavy atom. The molecule has 2 rings (SSSR count). The van der Waals surface area contributed by atoms with Gasteiger partial charge in [-0.2, -0.15) is 0 Å². The molecule has 0 aliphatic heterocycles. The minimum atomic E-state index is -0.618. The van der Waals surface area contributed by atoms with Crippen LogP contribution in [0.5, 0.6) is 0 Å². The quantitative estimate of drug-likeness (QED) is 0.600. The van der Waals surface area contributed by atoms with Gasteiger partial charge in [-0.1, -0.05) is 11.6 Å². The lowest BCUT2D eigenvalue weighted by atomic mass is 9.96. The van der Waals surface area contributed by atoms with Gasteiger partial charge >= 0.3 is 5.97 Å². The van der Waals surface area contributed by atoms with E-state index >= 15 is 0 Å². The minimum Gasteiger partial charge on any atom is -0.451 e. The smallest absolute Gasteiger partial charge is 0.341 e. The Kier molecular flexibility index (Phi) is 3.74. The first kappa shape index (κ1) is 12.0. The van der Waals surface area contributed by atoms with E-state index in [9.17, 15) is 9.59 Å². The Balaban J connectivity index is 2.06. The number of hydrogen-bond donors (Lipinski definition) is 0. The summed E-state index contributed by atoms with van der Waals surface area (Å²) in [5.41, 5.74) is 0.201. The molecule has 5 heteroatoms. The molecule has 1 aliphatic rings. The summed E-state index contributed by atoms with van der Waals surface area (Å²) in [4.78, 5) is 27.1. The summed E-state index contributed by atoms with van der Waals surface area (Å²) in [5, 5.41) is 0.0979. The second kappa shape index (κ2) is 5.27. The number of esters is 1. The molecule has 1 unspecified atom stereocenters. The highest BCUT2D eigenvalue weighted by atomic mass is 35.5. The van der Waals surface area contributed by atoms with Gasteiger partial charge in [-0.3, -0.25) is 4.79 Å². The van der Waals surface area contributed by atoms with E-state index in [2.05, 4.69) is 4.98 Å². The molecule has 1 saturated carbocycles. The highest BCUT2D eigenvalue weighted by molar-refractivity contribution is 6.32. The highest BCUT2D eigenvalue weighted by Gasteiger charge is 2.26. The Labute approximate surface area is 104 Å². The average Bonchev–Trinajstić information content (AvgIpc) is 2.32. The maximum absolute atomic E-state index is 11.8. The van der Waals surface area contributed by atoms with E-state index in [1.165, 1.54) is 12.3 Å². The van der Waals surface area contributed by atoms with Crippen LogP contribution in [0, 0.1) is 0 Å². The largest absolute Gasteiger partial charge is 0.451 e. The van der Waals surface area contributed by atoms with Gasteiger partial charge in [-0.25, -0.2) is 9.78 Å². The third kappa shape index (κ3) is 2.82. The molecule has 0 saturated heterocycles. The first-order chi connectivity index (χ1) is 8.18. The fourth-order valence-corrected chi connectivity index (χ4v) is 2.00. The van der Waals surface area contributed by atoms with Crippen molar-refractivity contribution < 1.29 is 14.3 Å². The van der Waals surface area contributed by atoms with Crippen LogP contribution in [0.25, 0.3) is 0 Å². The van der Waals surface area contributed by atoms with E-state index < -0.39 is 12.1 Å². The molecule has 1 aliphatic carbocycles. The number of nitrogens with zero attached hydrogens (tertiary/aromatic N) is 1. The number of pyridine rings is 1. The maximum atomic E-state index is 11.8. The Morgan fingerprint density at radius 1 is 1.47 bits per heavy atom. The number of ketones is 1. The summed E-state index contributed by atoms with van der Waals surface area (Å²) in [6.45, 7) is 0. The fraction of sp³-hybridized carbons (Fsp3) is 0.417. The van der Waals surface area contributed by atoms with E-state index in [0.717, 1.165) is 12.8 Å². The van der Waals surface area contributed by atoms with Gasteiger partial charge in [0.1, 0.15) is 5.15 Å². The second-order valence-electron chi connectivity index (χ2n) is 3.95. The van der Waals surface area contributed by atoms with Gasteiger partial charge in [-0.05, 0) is 31.4 Å². The summed E-state index contributed by atoms with van der Waals surface area (Å²) >= 11 is 5.78. The van der Waals surface area contributed by atoms with Crippen molar-refractivity contribution in [1.82, 2.24) is 4.98 Å². The molecule has 0 amide bonds. The lowest BCUT2D eigenvalue weighted by molar-refractivity contribution is -0.129. The van der Waals surface area contributed by atoms with Crippen molar-refractivity contribution >= 4 is 23.4 Å². The maximum Gasteiger partial charge on any atom is 0.341 e. The zero-order chi connectivity index (χ0) is 12.3. The van der Waals surface area contributed by atoms with Gasteiger partial charge in [0.05, 0.1) is 5.56 Å². The Morgan fingerprint density at radius 2 is 2.29 bits per heavy atom. The molecule has 90 valence electrons. The first-order valence-corrected chi connectivity index (χ1v) is 5.90. The predicted octanol–water partition coefficient (Wildman–Crippen LogP) is 2.40. The van der Waals surface area contributed by atoms with E-state index in [4.69, 9.17) is 16.3 Å². The SMILES string of the molecule is O=C(OC1CCCCC1=O)c1cccnc1Cl. The van der Waals surface area contributed by atoms with Gasteiger partial charge in [-0.15, -0.1) is 0 Å². The lowest BCUT2D eigenvalue weighted by Crippen LogP contribution is -2.30. The number of carbonyl (C=O) groups is 2. The van der Waals surface area contributed by atoms with Crippen LogP contribution in [0.1, 0.15) is 36.0 Å². The van der Waals surface area contributed by atoms with Crippen molar-refractivity contribution in [3.63, 3.8) is 0 Å². The van der Waals surface area contributed by atoms with Crippen molar-refractivity contribution in [3.8, 4) is 0 Å². The normalized spacial score (nSPS) is 20.1. The molecule has 1 atom stereocenters. The number of rotatable bonds is 2. The molecule has 0 spiro atoms. The molecule has 0 N–H and O–H groups in total. The minimum absolute atomic E-state index is 0.00962. The summed E-state index contributed by atoms with van der Waals surface area (Å²) in [6.07, 6.45) is 3.74.